The van der Waals surface area contributed by atoms with Crippen LogP contribution in [0.1, 0.15) is 18.9 Å². The molecule has 0 aliphatic rings. The molecule has 1 rings (SSSR count). The molecule has 0 aliphatic heterocycles. The number of nitrogens with one attached hydrogen (secondary N) is 2. The molecule has 0 aromatic heterocycles. The van der Waals surface area contributed by atoms with Crippen LogP contribution in [0, 0.1) is 0 Å². The minimum absolute atomic E-state index is 0.0442. The number of carbonyl (C=O) groups excluding carboxylic acids is 2. The maximum Gasteiger partial charge on any atom is 0.416 e. The van der Waals surface area contributed by atoms with E-state index in [0.29, 0.717) is 0 Å². The first-order chi connectivity index (χ1) is 11.1. The Balaban J connectivity index is 2.73. The number of esters is 1. The first kappa shape index (κ1) is 19.8. The van der Waals surface area contributed by atoms with Gasteiger partial charge in [0.15, 0.2) is 0 Å². The van der Waals surface area contributed by atoms with Gasteiger partial charge in [-0.2, -0.15) is 13.2 Å². The van der Waals surface area contributed by atoms with Crippen molar-refractivity contribution >= 4 is 17.7 Å². The van der Waals surface area contributed by atoms with Gasteiger partial charge in [-0.15, -0.1) is 0 Å². The minimum atomic E-state index is -4.45. The Hall–Kier alpha value is -2.29. The van der Waals surface area contributed by atoms with Gasteiger partial charge in [-0.25, -0.2) is 4.79 Å². The smallest absolute Gasteiger partial charge is 0.416 e. The highest BCUT2D eigenvalue weighted by atomic mass is 19.4. The van der Waals surface area contributed by atoms with Crippen LogP contribution in [0.25, 0.3) is 0 Å². The largest absolute Gasteiger partial charge is 0.469 e. The molecule has 24 heavy (non-hydrogen) atoms. The molecule has 0 fully saturated rings. The lowest BCUT2D eigenvalue weighted by atomic mass is 9.99. The Morgan fingerprint density at radius 1 is 1.12 bits per heavy atom. The van der Waals surface area contributed by atoms with Crippen molar-refractivity contribution in [3.05, 3.63) is 29.8 Å². The Bertz CT molecular complexity index is 575. The Morgan fingerprint density at radius 3 is 2.17 bits per heavy atom. The fraction of sp³-hybridized carbons (Fsp3) is 0.467. The van der Waals surface area contributed by atoms with E-state index in [9.17, 15) is 22.8 Å². The molecule has 0 saturated heterocycles. The monoisotopic (exact) mass is 348 g/mol. The van der Waals surface area contributed by atoms with E-state index < -0.39 is 29.3 Å². The number of benzene rings is 1. The number of urea groups is 1. The number of anilines is 1. The zero-order valence-electron chi connectivity index (χ0n) is 13.5. The summed E-state index contributed by atoms with van der Waals surface area (Å²) in [5.74, 6) is -0.538. The van der Waals surface area contributed by atoms with Gasteiger partial charge in [0.1, 0.15) is 0 Å². The number of hydrogen-bond donors (Lipinski definition) is 2. The Morgan fingerprint density at radius 2 is 1.71 bits per heavy atom. The lowest BCUT2D eigenvalue weighted by molar-refractivity contribution is -0.142. The molecule has 0 aliphatic carbocycles. The van der Waals surface area contributed by atoms with Gasteiger partial charge >= 0.3 is 18.2 Å². The fourth-order valence-electron chi connectivity index (χ4n) is 2.02. The number of ether oxygens (including phenoxy) is 2. The van der Waals surface area contributed by atoms with E-state index in [1.165, 1.54) is 14.2 Å². The number of carbonyl (C=O) groups is 2. The van der Waals surface area contributed by atoms with Gasteiger partial charge in [-0.05, 0) is 31.2 Å². The van der Waals surface area contributed by atoms with Gasteiger partial charge in [0, 0.05) is 12.8 Å². The van der Waals surface area contributed by atoms with Crippen molar-refractivity contribution in [2.45, 2.75) is 25.1 Å². The van der Waals surface area contributed by atoms with Crippen LogP contribution in [0.5, 0.6) is 0 Å². The molecule has 0 heterocycles. The number of alkyl halides is 3. The SMILES string of the molecule is COC[C@](C)(CC(=O)OC)NC(=O)Nc1ccc(C(F)(F)F)cc1. The molecule has 1 atom stereocenters. The number of halogens is 3. The molecule has 1 aromatic rings. The molecule has 2 amide bonds. The standard InChI is InChI=1S/C15H19F3N2O4/c1-14(9-23-2,8-12(21)24-3)20-13(22)19-11-6-4-10(5-7-11)15(16,17)18/h4-7H,8-9H2,1-3H3,(H2,19,20,22)/t14-/m0/s1. The van der Waals surface area contributed by atoms with E-state index in [1.54, 1.807) is 6.92 Å². The molecule has 0 spiro atoms. The van der Waals surface area contributed by atoms with E-state index in [2.05, 4.69) is 15.4 Å². The van der Waals surface area contributed by atoms with Crippen LogP contribution in [-0.2, 0) is 20.4 Å². The van der Waals surface area contributed by atoms with E-state index >= 15 is 0 Å². The summed E-state index contributed by atoms with van der Waals surface area (Å²) in [6.07, 6.45) is -4.57. The van der Waals surface area contributed by atoms with E-state index in [-0.39, 0.29) is 18.7 Å². The van der Waals surface area contributed by atoms with Gasteiger partial charge in [-0.1, -0.05) is 0 Å². The van der Waals surface area contributed by atoms with E-state index in [4.69, 9.17) is 4.74 Å². The summed E-state index contributed by atoms with van der Waals surface area (Å²) < 4.78 is 47.0. The van der Waals surface area contributed by atoms with Gasteiger partial charge in [0.25, 0.3) is 0 Å². The molecule has 0 bridgehead atoms. The number of hydrogen-bond acceptors (Lipinski definition) is 4. The molecular weight excluding hydrogens is 329 g/mol. The van der Waals surface area contributed by atoms with Crippen LogP contribution in [0.15, 0.2) is 24.3 Å². The van der Waals surface area contributed by atoms with Gasteiger partial charge in [0.05, 0.1) is 31.2 Å². The molecule has 0 radical (unpaired) electrons. The fourth-order valence-corrected chi connectivity index (χ4v) is 2.02. The normalized spacial score (nSPS) is 13.8. The number of amides is 2. The van der Waals surface area contributed by atoms with Crippen molar-refractivity contribution in [2.24, 2.45) is 0 Å². The number of methoxy groups -OCH3 is 2. The predicted molar refractivity (Wildman–Crippen MR) is 80.5 cm³/mol. The second-order valence-corrected chi connectivity index (χ2v) is 5.40. The van der Waals surface area contributed by atoms with Gasteiger partial charge in [0.2, 0.25) is 0 Å². The van der Waals surface area contributed by atoms with Crippen LogP contribution in [0.4, 0.5) is 23.7 Å². The highest BCUT2D eigenvalue weighted by Crippen LogP contribution is 2.29. The van der Waals surface area contributed by atoms with Crippen LogP contribution in [-0.4, -0.2) is 38.4 Å². The summed E-state index contributed by atoms with van der Waals surface area (Å²) in [5.41, 5.74) is -1.67. The molecule has 6 nitrogen and oxygen atoms in total. The topological polar surface area (TPSA) is 76.7 Å². The second kappa shape index (κ2) is 8.00. The molecule has 9 heteroatoms. The molecular formula is C15H19F3N2O4. The third kappa shape index (κ3) is 6.07. The first-order valence-electron chi connectivity index (χ1n) is 6.92. The summed E-state index contributed by atoms with van der Waals surface area (Å²) in [6, 6.07) is 3.31. The van der Waals surface area contributed by atoms with Crippen molar-refractivity contribution in [3.8, 4) is 0 Å². The number of rotatable bonds is 6. The molecule has 134 valence electrons. The third-order valence-electron chi connectivity index (χ3n) is 3.11. The predicted octanol–water partition coefficient (Wildman–Crippen LogP) is 2.80. The van der Waals surface area contributed by atoms with E-state index in [1.807, 2.05) is 0 Å². The third-order valence-corrected chi connectivity index (χ3v) is 3.11. The van der Waals surface area contributed by atoms with Crippen molar-refractivity contribution in [3.63, 3.8) is 0 Å². The second-order valence-electron chi connectivity index (χ2n) is 5.40. The lowest BCUT2D eigenvalue weighted by Gasteiger charge is -2.29. The first-order valence-corrected chi connectivity index (χ1v) is 6.92. The highest BCUT2D eigenvalue weighted by Gasteiger charge is 2.31. The van der Waals surface area contributed by atoms with Crippen molar-refractivity contribution in [2.75, 3.05) is 26.1 Å². The minimum Gasteiger partial charge on any atom is -0.469 e. The maximum absolute atomic E-state index is 12.5. The zero-order chi connectivity index (χ0) is 18.4. The van der Waals surface area contributed by atoms with Crippen LogP contribution in [0.3, 0.4) is 0 Å². The molecule has 0 saturated carbocycles. The lowest BCUT2D eigenvalue weighted by Crippen LogP contribution is -2.52. The van der Waals surface area contributed by atoms with Crippen molar-refractivity contribution in [1.29, 1.82) is 0 Å². The molecule has 2 N–H and O–H groups in total. The molecule has 1 aromatic carbocycles. The maximum atomic E-state index is 12.5. The summed E-state index contributed by atoms with van der Waals surface area (Å²) in [6.45, 7) is 1.63. The quantitative estimate of drug-likeness (QED) is 0.775. The molecule has 0 unspecified atom stereocenters. The summed E-state index contributed by atoms with van der Waals surface area (Å²) in [5, 5.41) is 4.96. The van der Waals surface area contributed by atoms with Gasteiger partial charge in [-0.3, -0.25) is 4.79 Å². The Labute approximate surface area is 137 Å². The Kier molecular flexibility index (Phi) is 6.59. The zero-order valence-corrected chi connectivity index (χ0v) is 13.5. The summed E-state index contributed by atoms with van der Waals surface area (Å²) in [7, 11) is 2.63. The van der Waals surface area contributed by atoms with Crippen LogP contribution >= 0.6 is 0 Å². The van der Waals surface area contributed by atoms with Crippen molar-refractivity contribution < 1.29 is 32.2 Å². The van der Waals surface area contributed by atoms with Crippen LogP contribution in [0.2, 0.25) is 0 Å². The average molecular weight is 348 g/mol. The van der Waals surface area contributed by atoms with Gasteiger partial charge < -0.3 is 20.1 Å². The summed E-state index contributed by atoms with van der Waals surface area (Å²) >= 11 is 0. The van der Waals surface area contributed by atoms with Crippen molar-refractivity contribution in [1.82, 2.24) is 5.32 Å². The van der Waals surface area contributed by atoms with Crippen LogP contribution < -0.4 is 10.6 Å². The average Bonchev–Trinajstić information content (AvgIpc) is 2.46. The summed E-state index contributed by atoms with van der Waals surface area (Å²) in [4.78, 5) is 23.4. The van der Waals surface area contributed by atoms with E-state index in [0.717, 1.165) is 24.3 Å². The highest BCUT2D eigenvalue weighted by molar-refractivity contribution is 5.90.